The molecule has 100 valence electrons. The van der Waals surface area contributed by atoms with E-state index in [0.29, 0.717) is 11.6 Å². The molecule has 2 aromatic heterocycles. The van der Waals surface area contributed by atoms with Crippen molar-refractivity contribution in [1.29, 1.82) is 0 Å². The van der Waals surface area contributed by atoms with E-state index in [1.54, 1.807) is 13.2 Å². The topological polar surface area (TPSA) is 52.1 Å². The van der Waals surface area contributed by atoms with Gasteiger partial charge in [0.1, 0.15) is 6.33 Å². The van der Waals surface area contributed by atoms with E-state index in [4.69, 9.17) is 4.74 Å². The number of hydrogen-bond acceptors (Lipinski definition) is 5. The molecular formula is C15H12N2O2S. The Morgan fingerprint density at radius 3 is 2.90 bits per heavy atom. The number of fused-ring (bicyclic) bond motifs is 1. The smallest absolute Gasteiger partial charge is 0.216 e. The Labute approximate surface area is 120 Å². The summed E-state index contributed by atoms with van der Waals surface area (Å²) in [5.41, 5.74) is 0.666. The number of Topliss-reactive ketones (excluding diaryl/α,β-unsaturated/α-hetero) is 1. The van der Waals surface area contributed by atoms with E-state index in [-0.39, 0.29) is 12.2 Å². The standard InChI is InChI=1S/C15H12N2O2S/c1-19-15-8-11(16-9-17-15)7-12(18)14-6-10-4-2-3-5-13(10)20-14/h2-6,8-9H,7H2,1H3. The lowest BCUT2D eigenvalue weighted by atomic mass is 10.1. The van der Waals surface area contributed by atoms with E-state index < -0.39 is 0 Å². The molecule has 3 aromatic rings. The maximum Gasteiger partial charge on any atom is 0.216 e. The first-order valence-electron chi connectivity index (χ1n) is 6.13. The van der Waals surface area contributed by atoms with Gasteiger partial charge in [0, 0.05) is 10.8 Å². The van der Waals surface area contributed by atoms with E-state index in [1.165, 1.54) is 17.7 Å². The summed E-state index contributed by atoms with van der Waals surface area (Å²) in [4.78, 5) is 21.1. The number of hydrogen-bond donors (Lipinski definition) is 0. The Morgan fingerprint density at radius 1 is 1.25 bits per heavy atom. The van der Waals surface area contributed by atoms with Gasteiger partial charge in [0.25, 0.3) is 0 Å². The Kier molecular flexibility index (Phi) is 3.43. The number of ketones is 1. The maximum absolute atomic E-state index is 12.3. The van der Waals surface area contributed by atoms with E-state index >= 15 is 0 Å². The quantitative estimate of drug-likeness (QED) is 0.691. The normalized spacial score (nSPS) is 10.7. The summed E-state index contributed by atoms with van der Waals surface area (Å²) in [5, 5.41) is 1.10. The number of carbonyl (C=O) groups excluding carboxylic acids is 1. The van der Waals surface area contributed by atoms with Crippen LogP contribution in [0.15, 0.2) is 42.7 Å². The molecule has 3 rings (SSSR count). The zero-order chi connectivity index (χ0) is 13.9. The van der Waals surface area contributed by atoms with Crippen LogP contribution in [-0.4, -0.2) is 22.9 Å². The third-order valence-corrected chi connectivity index (χ3v) is 4.11. The zero-order valence-corrected chi connectivity index (χ0v) is 11.7. The molecule has 0 radical (unpaired) electrons. The molecule has 20 heavy (non-hydrogen) atoms. The van der Waals surface area contributed by atoms with Crippen molar-refractivity contribution >= 4 is 27.2 Å². The number of ether oxygens (including phenoxy) is 1. The lowest BCUT2D eigenvalue weighted by Crippen LogP contribution is -2.04. The molecule has 0 atom stereocenters. The van der Waals surface area contributed by atoms with Gasteiger partial charge in [0.05, 0.1) is 24.1 Å². The van der Waals surface area contributed by atoms with E-state index in [2.05, 4.69) is 9.97 Å². The molecule has 5 heteroatoms. The van der Waals surface area contributed by atoms with Gasteiger partial charge in [0.15, 0.2) is 5.78 Å². The highest BCUT2D eigenvalue weighted by Gasteiger charge is 2.12. The van der Waals surface area contributed by atoms with Crippen molar-refractivity contribution in [1.82, 2.24) is 9.97 Å². The maximum atomic E-state index is 12.3. The number of thiophene rings is 1. The van der Waals surface area contributed by atoms with Gasteiger partial charge in [-0.2, -0.15) is 0 Å². The van der Waals surface area contributed by atoms with Gasteiger partial charge in [0.2, 0.25) is 5.88 Å². The first-order chi connectivity index (χ1) is 9.76. The minimum absolute atomic E-state index is 0.0620. The Hall–Kier alpha value is -2.27. The molecule has 4 nitrogen and oxygen atoms in total. The molecule has 0 unspecified atom stereocenters. The third kappa shape index (κ3) is 2.53. The number of carbonyl (C=O) groups is 1. The van der Waals surface area contributed by atoms with Crippen molar-refractivity contribution in [2.75, 3.05) is 7.11 Å². The second-order valence-electron chi connectivity index (χ2n) is 4.30. The molecule has 0 fully saturated rings. The average molecular weight is 284 g/mol. The molecule has 0 amide bonds. The summed E-state index contributed by atoms with van der Waals surface area (Å²) >= 11 is 1.51. The number of benzene rings is 1. The van der Waals surface area contributed by atoms with Crippen LogP contribution in [0.5, 0.6) is 5.88 Å². The van der Waals surface area contributed by atoms with Crippen molar-refractivity contribution in [2.45, 2.75) is 6.42 Å². The monoisotopic (exact) mass is 284 g/mol. The van der Waals surface area contributed by atoms with Gasteiger partial charge in [-0.25, -0.2) is 9.97 Å². The Balaban J connectivity index is 1.85. The highest BCUT2D eigenvalue weighted by molar-refractivity contribution is 7.20. The van der Waals surface area contributed by atoms with E-state index in [1.807, 2.05) is 30.3 Å². The molecule has 0 aliphatic rings. The van der Waals surface area contributed by atoms with E-state index in [9.17, 15) is 4.79 Å². The molecule has 0 spiro atoms. The van der Waals surface area contributed by atoms with Crippen molar-refractivity contribution in [3.63, 3.8) is 0 Å². The van der Waals surface area contributed by atoms with Crippen LogP contribution in [-0.2, 0) is 6.42 Å². The predicted octanol–water partition coefficient (Wildman–Crippen LogP) is 3.13. The lowest BCUT2D eigenvalue weighted by Gasteiger charge is -2.01. The minimum atomic E-state index is 0.0620. The molecule has 2 heterocycles. The minimum Gasteiger partial charge on any atom is -0.481 e. The van der Waals surface area contributed by atoms with Gasteiger partial charge < -0.3 is 4.74 Å². The summed E-state index contributed by atoms with van der Waals surface area (Å²) in [6, 6.07) is 11.6. The molecule has 0 aliphatic carbocycles. The van der Waals surface area contributed by atoms with Crippen molar-refractivity contribution in [3.8, 4) is 5.88 Å². The van der Waals surface area contributed by atoms with Gasteiger partial charge in [-0.15, -0.1) is 11.3 Å². The number of rotatable bonds is 4. The molecule has 0 saturated heterocycles. The largest absolute Gasteiger partial charge is 0.481 e. The van der Waals surface area contributed by atoms with Crippen molar-refractivity contribution in [3.05, 3.63) is 53.3 Å². The molecule has 0 saturated carbocycles. The summed E-state index contributed by atoms with van der Waals surface area (Å²) in [6.07, 6.45) is 1.66. The summed E-state index contributed by atoms with van der Waals surface area (Å²) in [6.45, 7) is 0. The Morgan fingerprint density at radius 2 is 2.10 bits per heavy atom. The third-order valence-electron chi connectivity index (χ3n) is 2.95. The highest BCUT2D eigenvalue weighted by atomic mass is 32.1. The van der Waals surface area contributed by atoms with Crippen LogP contribution < -0.4 is 4.74 Å². The molecule has 0 bridgehead atoms. The van der Waals surface area contributed by atoms with Crippen LogP contribution in [0.4, 0.5) is 0 Å². The van der Waals surface area contributed by atoms with Gasteiger partial charge >= 0.3 is 0 Å². The van der Waals surface area contributed by atoms with E-state index in [0.717, 1.165) is 15.0 Å². The summed E-state index contributed by atoms with van der Waals surface area (Å²) in [5.74, 6) is 0.533. The van der Waals surface area contributed by atoms with Crippen LogP contribution in [0.25, 0.3) is 10.1 Å². The fourth-order valence-electron chi connectivity index (χ4n) is 1.96. The van der Waals surface area contributed by atoms with Crippen molar-refractivity contribution in [2.24, 2.45) is 0 Å². The molecule has 0 aliphatic heterocycles. The van der Waals surface area contributed by atoms with Crippen molar-refractivity contribution < 1.29 is 9.53 Å². The van der Waals surface area contributed by atoms with Crippen LogP contribution >= 0.6 is 11.3 Å². The second-order valence-corrected chi connectivity index (χ2v) is 5.38. The summed E-state index contributed by atoms with van der Waals surface area (Å²) in [7, 11) is 1.54. The summed E-state index contributed by atoms with van der Waals surface area (Å²) < 4.78 is 6.15. The molecular weight excluding hydrogens is 272 g/mol. The van der Waals surface area contributed by atoms with Crippen LogP contribution in [0.2, 0.25) is 0 Å². The van der Waals surface area contributed by atoms with Crippen LogP contribution in [0, 0.1) is 0 Å². The zero-order valence-electron chi connectivity index (χ0n) is 10.9. The predicted molar refractivity (Wildman–Crippen MR) is 78.4 cm³/mol. The highest BCUT2D eigenvalue weighted by Crippen LogP contribution is 2.26. The first-order valence-corrected chi connectivity index (χ1v) is 6.94. The van der Waals surface area contributed by atoms with Gasteiger partial charge in [-0.05, 0) is 17.5 Å². The fraction of sp³-hybridized carbons (Fsp3) is 0.133. The number of methoxy groups -OCH3 is 1. The SMILES string of the molecule is COc1cc(CC(=O)c2cc3ccccc3s2)ncn1. The van der Waals surface area contributed by atoms with Crippen LogP contribution in [0.1, 0.15) is 15.4 Å². The second kappa shape index (κ2) is 5.38. The van der Waals surface area contributed by atoms with Gasteiger partial charge in [-0.3, -0.25) is 4.79 Å². The van der Waals surface area contributed by atoms with Crippen LogP contribution in [0.3, 0.4) is 0 Å². The van der Waals surface area contributed by atoms with Gasteiger partial charge in [-0.1, -0.05) is 18.2 Å². The fourth-order valence-corrected chi connectivity index (χ4v) is 2.96. The lowest BCUT2D eigenvalue weighted by molar-refractivity contribution is 0.0996. The Bertz CT molecular complexity index is 734. The molecule has 0 N–H and O–H groups in total. The number of aromatic nitrogens is 2. The first kappa shape index (κ1) is 12.7. The molecule has 1 aromatic carbocycles. The average Bonchev–Trinajstić information content (AvgIpc) is 2.91. The number of nitrogens with zero attached hydrogens (tertiary/aromatic N) is 2.